The van der Waals surface area contributed by atoms with Crippen LogP contribution in [-0.4, -0.2) is 47.7 Å². The smallest absolute Gasteiger partial charge is 0.362 e. The van der Waals surface area contributed by atoms with E-state index >= 15 is 0 Å². The molecule has 1 saturated heterocycles. The number of thioether (sulfide) groups is 1. The van der Waals surface area contributed by atoms with Crippen molar-refractivity contribution < 1.29 is 22.9 Å². The number of hydrogen-bond donors (Lipinski definition) is 0. The summed E-state index contributed by atoms with van der Waals surface area (Å²) in [5.41, 5.74) is 0.713. The van der Waals surface area contributed by atoms with Crippen LogP contribution < -0.4 is 4.90 Å². The zero-order valence-electron chi connectivity index (χ0n) is 17.1. The molecule has 166 valence electrons. The fraction of sp³-hybridized carbons (Fsp3) is 0.381. The Kier molecular flexibility index (Phi) is 6.78. The molecule has 6 nitrogen and oxygen atoms in total. The number of anilines is 1. The molecule has 31 heavy (non-hydrogen) atoms. The molecule has 0 bridgehead atoms. The van der Waals surface area contributed by atoms with Crippen molar-refractivity contribution in [2.45, 2.75) is 24.9 Å². The van der Waals surface area contributed by atoms with E-state index in [0.29, 0.717) is 32.2 Å². The van der Waals surface area contributed by atoms with Gasteiger partial charge in [0.1, 0.15) is 5.69 Å². The normalized spacial score (nSPS) is 14.6. The zero-order valence-corrected chi connectivity index (χ0v) is 17.9. The number of nitrogens with zero attached hydrogens (tertiary/aromatic N) is 3. The maximum absolute atomic E-state index is 12.9. The predicted molar refractivity (Wildman–Crippen MR) is 114 cm³/mol. The third kappa shape index (κ3) is 5.49. The first-order chi connectivity index (χ1) is 14.6. The maximum atomic E-state index is 12.9. The number of carbonyl (C=O) groups excluding carboxylic acids is 1. The van der Waals surface area contributed by atoms with Crippen LogP contribution in [0.5, 0.6) is 0 Å². The van der Waals surface area contributed by atoms with Gasteiger partial charge in [0.25, 0.3) is 5.69 Å². The first-order valence-corrected chi connectivity index (χ1v) is 10.6. The Labute approximate surface area is 182 Å². The van der Waals surface area contributed by atoms with Gasteiger partial charge in [0.15, 0.2) is 0 Å². The van der Waals surface area contributed by atoms with Crippen LogP contribution in [0.2, 0.25) is 0 Å². The van der Waals surface area contributed by atoms with Crippen molar-refractivity contribution in [1.82, 2.24) is 4.90 Å². The lowest BCUT2D eigenvalue weighted by molar-refractivity contribution is -0.384. The molecule has 1 heterocycles. The molecule has 1 aliphatic rings. The third-order valence-electron chi connectivity index (χ3n) is 5.17. The summed E-state index contributed by atoms with van der Waals surface area (Å²) in [6.07, 6.45) is -4.65. The molecular weight excluding hydrogens is 431 g/mol. The van der Waals surface area contributed by atoms with Gasteiger partial charge in [-0.05, 0) is 37.6 Å². The second-order valence-corrected chi connectivity index (χ2v) is 8.40. The average molecular weight is 453 g/mol. The summed E-state index contributed by atoms with van der Waals surface area (Å²) in [7, 11) is 0. The van der Waals surface area contributed by atoms with E-state index in [9.17, 15) is 28.1 Å². The van der Waals surface area contributed by atoms with Gasteiger partial charge in [-0.25, -0.2) is 0 Å². The quantitative estimate of drug-likeness (QED) is 0.374. The molecule has 0 aliphatic carbocycles. The summed E-state index contributed by atoms with van der Waals surface area (Å²) in [5.74, 6) is 0.248. The molecule has 0 aromatic heterocycles. The third-order valence-corrected chi connectivity index (χ3v) is 6.31. The molecule has 0 unspecified atom stereocenters. The molecule has 0 saturated carbocycles. The lowest BCUT2D eigenvalue weighted by Gasteiger charge is -2.36. The van der Waals surface area contributed by atoms with Crippen LogP contribution in [0, 0.1) is 24.0 Å². The lowest BCUT2D eigenvalue weighted by atomic mass is 10.1. The summed E-state index contributed by atoms with van der Waals surface area (Å²) in [6, 6.07) is 8.61. The van der Waals surface area contributed by atoms with Crippen molar-refractivity contribution in [3.05, 3.63) is 63.2 Å². The molecule has 0 spiro atoms. The Morgan fingerprint density at radius 2 is 1.77 bits per heavy atom. The van der Waals surface area contributed by atoms with Gasteiger partial charge >= 0.3 is 6.18 Å². The van der Waals surface area contributed by atoms with Crippen molar-refractivity contribution in [3.63, 3.8) is 0 Å². The predicted octanol–water partition coefficient (Wildman–Crippen LogP) is 4.67. The number of nitro groups is 1. The SMILES string of the molecule is Cc1ccc(C)c(SCC(=O)N2CCN(c3ccc(C(F)(F)F)cc3[N+](=O)[O-])CC2)c1. The van der Waals surface area contributed by atoms with Crippen molar-refractivity contribution in [3.8, 4) is 0 Å². The summed E-state index contributed by atoms with van der Waals surface area (Å²) in [6.45, 7) is 5.31. The maximum Gasteiger partial charge on any atom is 0.416 e. The second-order valence-electron chi connectivity index (χ2n) is 7.38. The van der Waals surface area contributed by atoms with Gasteiger partial charge in [0, 0.05) is 37.1 Å². The highest BCUT2D eigenvalue weighted by Crippen LogP contribution is 2.36. The molecule has 10 heteroatoms. The van der Waals surface area contributed by atoms with Crippen molar-refractivity contribution in [2.24, 2.45) is 0 Å². The Bertz CT molecular complexity index is 990. The first kappa shape index (κ1) is 22.9. The number of alkyl halides is 3. The average Bonchev–Trinajstić information content (AvgIpc) is 2.73. The molecule has 1 amide bonds. The molecule has 3 rings (SSSR count). The first-order valence-electron chi connectivity index (χ1n) is 9.64. The zero-order chi connectivity index (χ0) is 22.8. The number of carbonyl (C=O) groups is 1. The van der Waals surface area contributed by atoms with Crippen LogP contribution in [0.15, 0.2) is 41.3 Å². The van der Waals surface area contributed by atoms with Gasteiger partial charge in [0.05, 0.1) is 16.2 Å². The van der Waals surface area contributed by atoms with Gasteiger partial charge in [-0.1, -0.05) is 17.7 Å². The van der Waals surface area contributed by atoms with Crippen molar-refractivity contribution in [2.75, 3.05) is 36.8 Å². The minimum absolute atomic E-state index is 0.0347. The number of rotatable bonds is 5. The van der Waals surface area contributed by atoms with E-state index in [-0.39, 0.29) is 17.3 Å². The molecule has 2 aromatic carbocycles. The summed E-state index contributed by atoms with van der Waals surface area (Å²) < 4.78 is 38.7. The van der Waals surface area contributed by atoms with E-state index in [1.54, 1.807) is 9.80 Å². The highest BCUT2D eigenvalue weighted by Gasteiger charge is 2.34. The van der Waals surface area contributed by atoms with Crippen LogP contribution in [0.3, 0.4) is 0 Å². The van der Waals surface area contributed by atoms with Crippen LogP contribution in [-0.2, 0) is 11.0 Å². The molecule has 0 N–H and O–H groups in total. The number of nitro benzene ring substituents is 1. The van der Waals surface area contributed by atoms with E-state index in [2.05, 4.69) is 0 Å². The van der Waals surface area contributed by atoms with Crippen molar-refractivity contribution in [1.29, 1.82) is 0 Å². The van der Waals surface area contributed by atoms with Crippen LogP contribution >= 0.6 is 11.8 Å². The Morgan fingerprint density at radius 1 is 1.10 bits per heavy atom. The summed E-state index contributed by atoms with van der Waals surface area (Å²) >= 11 is 1.47. The number of hydrogen-bond acceptors (Lipinski definition) is 5. The van der Waals surface area contributed by atoms with Gasteiger partial charge in [0.2, 0.25) is 5.91 Å². The molecule has 1 aliphatic heterocycles. The topological polar surface area (TPSA) is 66.7 Å². The van der Waals surface area contributed by atoms with Crippen molar-refractivity contribution >= 4 is 29.0 Å². The van der Waals surface area contributed by atoms with Crippen LogP contribution in [0.25, 0.3) is 0 Å². The van der Waals surface area contributed by atoms with E-state index in [0.717, 1.165) is 28.2 Å². The van der Waals surface area contributed by atoms with E-state index in [4.69, 9.17) is 0 Å². The molecule has 2 aromatic rings. The van der Waals surface area contributed by atoms with Crippen LogP contribution in [0.1, 0.15) is 16.7 Å². The van der Waals surface area contributed by atoms with Gasteiger partial charge in [-0.15, -0.1) is 11.8 Å². The van der Waals surface area contributed by atoms with Gasteiger partial charge in [-0.3, -0.25) is 14.9 Å². The Morgan fingerprint density at radius 3 is 2.39 bits per heavy atom. The fourth-order valence-electron chi connectivity index (χ4n) is 3.40. The molecule has 0 atom stereocenters. The minimum Gasteiger partial charge on any atom is -0.362 e. The van der Waals surface area contributed by atoms with Crippen LogP contribution in [0.4, 0.5) is 24.5 Å². The molecule has 1 fully saturated rings. The standard InChI is InChI=1S/C21H22F3N3O3S/c1-14-3-4-15(2)19(11-14)31-13-20(28)26-9-7-25(8-10-26)17-6-5-16(21(22,23)24)12-18(17)27(29)30/h3-6,11-12H,7-10,13H2,1-2H3. The summed E-state index contributed by atoms with van der Waals surface area (Å²) in [4.78, 5) is 27.5. The largest absolute Gasteiger partial charge is 0.416 e. The van der Waals surface area contributed by atoms with E-state index in [1.807, 2.05) is 32.0 Å². The number of aryl methyl sites for hydroxylation is 2. The second kappa shape index (κ2) is 9.17. The Hall–Kier alpha value is -2.75. The highest BCUT2D eigenvalue weighted by atomic mass is 32.2. The monoisotopic (exact) mass is 453 g/mol. The summed E-state index contributed by atoms with van der Waals surface area (Å²) in [5, 5.41) is 11.3. The minimum atomic E-state index is -4.65. The Balaban J connectivity index is 1.63. The molecule has 0 radical (unpaired) electrons. The lowest BCUT2D eigenvalue weighted by Crippen LogP contribution is -2.49. The number of benzene rings is 2. The van der Waals surface area contributed by atoms with Gasteiger partial charge in [-0.2, -0.15) is 13.2 Å². The molecular formula is C21H22F3N3O3S. The number of piperazine rings is 1. The van der Waals surface area contributed by atoms with E-state index in [1.165, 1.54) is 11.8 Å². The number of halogens is 3. The number of amides is 1. The fourth-order valence-corrected chi connectivity index (χ4v) is 4.43. The van der Waals surface area contributed by atoms with Gasteiger partial charge < -0.3 is 9.80 Å². The highest BCUT2D eigenvalue weighted by molar-refractivity contribution is 8.00. The van der Waals surface area contributed by atoms with E-state index < -0.39 is 22.4 Å².